The van der Waals surface area contributed by atoms with E-state index in [1.165, 1.54) is 12.1 Å². The molecule has 23 heavy (non-hydrogen) atoms. The predicted molar refractivity (Wildman–Crippen MR) is 88.5 cm³/mol. The molecular formula is C18H27FN2O2. The fourth-order valence-corrected chi connectivity index (χ4v) is 3.34. The molecule has 2 amide bonds. The zero-order chi connectivity index (χ0) is 16.7. The molecule has 0 spiro atoms. The van der Waals surface area contributed by atoms with Gasteiger partial charge in [-0.05, 0) is 56.2 Å². The van der Waals surface area contributed by atoms with Crippen molar-refractivity contribution in [3.63, 3.8) is 0 Å². The molecule has 0 saturated heterocycles. The van der Waals surface area contributed by atoms with E-state index in [4.69, 9.17) is 5.11 Å². The fraction of sp³-hybridized carbons (Fsp3) is 0.611. The Morgan fingerprint density at radius 3 is 2.74 bits per heavy atom. The van der Waals surface area contributed by atoms with Crippen molar-refractivity contribution in [3.8, 4) is 0 Å². The molecule has 5 heteroatoms. The molecule has 4 nitrogen and oxygen atoms in total. The van der Waals surface area contributed by atoms with Crippen molar-refractivity contribution in [1.29, 1.82) is 0 Å². The number of nitrogens with one attached hydrogen (secondary N) is 2. The van der Waals surface area contributed by atoms with Crippen LogP contribution in [-0.2, 0) is 0 Å². The van der Waals surface area contributed by atoms with Gasteiger partial charge in [-0.2, -0.15) is 0 Å². The van der Waals surface area contributed by atoms with Crippen molar-refractivity contribution < 1.29 is 14.3 Å². The second-order valence-corrected chi connectivity index (χ2v) is 6.46. The highest BCUT2D eigenvalue weighted by Gasteiger charge is 2.28. The summed E-state index contributed by atoms with van der Waals surface area (Å²) in [6.45, 7) is 2.05. The lowest BCUT2D eigenvalue weighted by molar-refractivity contribution is 0.225. The second-order valence-electron chi connectivity index (χ2n) is 6.46. The van der Waals surface area contributed by atoms with Crippen LogP contribution < -0.4 is 10.6 Å². The molecule has 0 heterocycles. The summed E-state index contributed by atoms with van der Waals surface area (Å²) in [7, 11) is 0. The minimum atomic E-state index is -0.274. The van der Waals surface area contributed by atoms with Gasteiger partial charge < -0.3 is 15.7 Å². The molecule has 0 aliphatic heterocycles. The number of urea groups is 1. The third-order valence-corrected chi connectivity index (χ3v) is 4.54. The van der Waals surface area contributed by atoms with Gasteiger partial charge in [-0.1, -0.05) is 25.0 Å². The van der Waals surface area contributed by atoms with Gasteiger partial charge in [-0.25, -0.2) is 9.18 Å². The molecule has 2 unspecified atom stereocenters. The molecule has 2 atom stereocenters. The molecule has 1 aliphatic rings. The summed E-state index contributed by atoms with van der Waals surface area (Å²) in [6, 6.07) is 6.12. The van der Waals surface area contributed by atoms with Gasteiger partial charge in [0.2, 0.25) is 0 Å². The molecule has 1 aliphatic carbocycles. The Hall–Kier alpha value is -1.62. The molecule has 1 aromatic rings. The van der Waals surface area contributed by atoms with E-state index in [2.05, 4.69) is 10.6 Å². The van der Waals surface area contributed by atoms with E-state index in [-0.39, 0.29) is 30.5 Å². The lowest BCUT2D eigenvalue weighted by atomic mass is 9.91. The van der Waals surface area contributed by atoms with Crippen LogP contribution >= 0.6 is 0 Å². The van der Waals surface area contributed by atoms with Gasteiger partial charge in [0.05, 0.1) is 6.04 Å². The molecule has 1 saturated carbocycles. The minimum absolute atomic E-state index is 0.00103. The fourth-order valence-electron chi connectivity index (χ4n) is 3.34. The maximum atomic E-state index is 13.5. The van der Waals surface area contributed by atoms with E-state index in [0.717, 1.165) is 37.7 Å². The largest absolute Gasteiger partial charge is 0.396 e. The monoisotopic (exact) mass is 322 g/mol. The van der Waals surface area contributed by atoms with Crippen molar-refractivity contribution in [3.05, 3.63) is 35.6 Å². The molecule has 128 valence electrons. The Balaban J connectivity index is 2.01. The predicted octanol–water partition coefficient (Wildman–Crippen LogP) is 3.52. The van der Waals surface area contributed by atoms with Gasteiger partial charge in [0.25, 0.3) is 0 Å². The Labute approximate surface area is 137 Å². The normalized spacial score (nSPS) is 17.7. The smallest absolute Gasteiger partial charge is 0.315 e. The van der Waals surface area contributed by atoms with Crippen LogP contribution in [0.3, 0.4) is 0 Å². The zero-order valence-electron chi connectivity index (χ0n) is 13.7. The Kier molecular flexibility index (Phi) is 6.84. The van der Waals surface area contributed by atoms with E-state index in [1.807, 2.05) is 13.0 Å². The quantitative estimate of drug-likeness (QED) is 0.719. The van der Waals surface area contributed by atoms with Crippen LogP contribution in [0.1, 0.15) is 57.1 Å². The maximum absolute atomic E-state index is 13.5. The average Bonchev–Trinajstić information content (AvgIpc) is 3.04. The highest BCUT2D eigenvalue weighted by atomic mass is 19.1. The summed E-state index contributed by atoms with van der Waals surface area (Å²) in [5.74, 6) is 0.0827. The van der Waals surface area contributed by atoms with Crippen LogP contribution in [-0.4, -0.2) is 23.8 Å². The molecule has 1 fully saturated rings. The van der Waals surface area contributed by atoms with Gasteiger partial charge in [-0.3, -0.25) is 0 Å². The van der Waals surface area contributed by atoms with Crippen molar-refractivity contribution in [1.82, 2.24) is 10.6 Å². The van der Waals surface area contributed by atoms with Crippen LogP contribution in [0.4, 0.5) is 9.18 Å². The van der Waals surface area contributed by atoms with Crippen LogP contribution in [0.5, 0.6) is 0 Å². The summed E-state index contributed by atoms with van der Waals surface area (Å²) in [6.07, 6.45) is 5.83. The van der Waals surface area contributed by atoms with Gasteiger partial charge in [0, 0.05) is 12.6 Å². The number of amides is 2. The average molecular weight is 322 g/mol. The van der Waals surface area contributed by atoms with Crippen molar-refractivity contribution in [2.24, 2.45) is 5.92 Å². The number of rotatable bonds is 7. The highest BCUT2D eigenvalue weighted by Crippen LogP contribution is 2.35. The highest BCUT2D eigenvalue weighted by molar-refractivity contribution is 5.74. The maximum Gasteiger partial charge on any atom is 0.315 e. The van der Waals surface area contributed by atoms with Gasteiger partial charge in [0.1, 0.15) is 5.82 Å². The van der Waals surface area contributed by atoms with E-state index in [1.54, 1.807) is 6.07 Å². The van der Waals surface area contributed by atoms with Crippen molar-refractivity contribution in [2.75, 3.05) is 6.61 Å². The summed E-state index contributed by atoms with van der Waals surface area (Å²) in [5.41, 5.74) is 0.829. The van der Waals surface area contributed by atoms with Crippen LogP contribution in [0.25, 0.3) is 0 Å². The molecule has 2 rings (SSSR count). The van der Waals surface area contributed by atoms with Crippen LogP contribution in [0.15, 0.2) is 24.3 Å². The van der Waals surface area contributed by atoms with E-state index in [0.29, 0.717) is 12.3 Å². The minimum Gasteiger partial charge on any atom is -0.396 e. The lowest BCUT2D eigenvalue weighted by Gasteiger charge is -2.26. The van der Waals surface area contributed by atoms with Crippen molar-refractivity contribution in [2.45, 2.75) is 57.5 Å². The second kappa shape index (κ2) is 8.87. The summed E-state index contributed by atoms with van der Waals surface area (Å²) >= 11 is 0. The summed E-state index contributed by atoms with van der Waals surface area (Å²) < 4.78 is 13.5. The lowest BCUT2D eigenvalue weighted by Crippen LogP contribution is -2.44. The Morgan fingerprint density at radius 2 is 2.09 bits per heavy atom. The van der Waals surface area contributed by atoms with Gasteiger partial charge in [0.15, 0.2) is 0 Å². The number of aliphatic hydroxyl groups excluding tert-OH is 1. The number of carbonyl (C=O) groups is 1. The SMILES string of the molecule is CC(CCCO)NC(=O)NC(c1cccc(F)c1)C1CCCC1. The first-order valence-corrected chi connectivity index (χ1v) is 8.53. The Bertz CT molecular complexity index is 504. The third kappa shape index (κ3) is 5.50. The number of hydrogen-bond acceptors (Lipinski definition) is 2. The zero-order valence-corrected chi connectivity index (χ0v) is 13.7. The van der Waals surface area contributed by atoms with Gasteiger partial charge in [-0.15, -0.1) is 0 Å². The number of carbonyl (C=O) groups excluding carboxylic acids is 1. The van der Waals surface area contributed by atoms with Crippen molar-refractivity contribution >= 4 is 6.03 Å². The number of benzene rings is 1. The number of hydrogen-bond donors (Lipinski definition) is 3. The number of aliphatic hydroxyl groups is 1. The Morgan fingerprint density at radius 1 is 1.35 bits per heavy atom. The topological polar surface area (TPSA) is 61.4 Å². The third-order valence-electron chi connectivity index (χ3n) is 4.54. The van der Waals surface area contributed by atoms with E-state index < -0.39 is 0 Å². The van der Waals surface area contributed by atoms with Gasteiger partial charge >= 0.3 is 6.03 Å². The first-order valence-electron chi connectivity index (χ1n) is 8.53. The molecule has 0 bridgehead atoms. The molecular weight excluding hydrogens is 295 g/mol. The molecule has 1 aromatic carbocycles. The van der Waals surface area contributed by atoms with Crippen LogP contribution in [0.2, 0.25) is 0 Å². The summed E-state index contributed by atoms with van der Waals surface area (Å²) in [4.78, 5) is 12.3. The number of halogens is 1. The molecule has 0 aromatic heterocycles. The standard InChI is InChI=1S/C18H27FN2O2/c1-13(6-5-11-22)20-18(23)21-17(14-7-2-3-8-14)15-9-4-10-16(19)12-15/h4,9-10,12-14,17,22H,2-3,5-8,11H2,1H3,(H2,20,21,23). The van der Waals surface area contributed by atoms with E-state index in [9.17, 15) is 9.18 Å². The first-order chi connectivity index (χ1) is 11.1. The van der Waals surface area contributed by atoms with Crippen LogP contribution in [0, 0.1) is 11.7 Å². The molecule has 0 radical (unpaired) electrons. The first kappa shape index (κ1) is 17.7. The summed E-state index contributed by atoms with van der Waals surface area (Å²) in [5, 5.41) is 14.8. The molecule has 3 N–H and O–H groups in total. The van der Waals surface area contributed by atoms with E-state index >= 15 is 0 Å².